The molecule has 1 aromatic heterocycles. The van der Waals surface area contributed by atoms with Crippen LogP contribution < -0.4 is 10.6 Å². The Hall–Kier alpha value is -3.13. The fraction of sp³-hybridized carbons (Fsp3) is 0.409. The molecule has 1 amide bonds. The number of rotatable bonds is 8. The molecular formula is C22H22F6N4O. The molecule has 0 bridgehead atoms. The molecule has 5 nitrogen and oxygen atoms in total. The van der Waals surface area contributed by atoms with Crippen molar-refractivity contribution in [2.45, 2.75) is 44.7 Å². The quantitative estimate of drug-likeness (QED) is 0.418. The van der Waals surface area contributed by atoms with Gasteiger partial charge < -0.3 is 5.32 Å². The van der Waals surface area contributed by atoms with E-state index in [1.54, 1.807) is 19.9 Å². The van der Waals surface area contributed by atoms with Crippen LogP contribution in [0.25, 0.3) is 11.3 Å². The van der Waals surface area contributed by atoms with E-state index in [1.165, 1.54) is 24.3 Å². The average Bonchev–Trinajstić information content (AvgIpc) is 2.73. The zero-order valence-electron chi connectivity index (χ0n) is 17.8. The number of nitriles is 1. The molecule has 0 aliphatic carbocycles. The second-order valence-corrected chi connectivity index (χ2v) is 7.75. The van der Waals surface area contributed by atoms with E-state index in [1.807, 2.05) is 0 Å². The van der Waals surface area contributed by atoms with Crippen LogP contribution in [0.15, 0.2) is 42.6 Å². The summed E-state index contributed by atoms with van der Waals surface area (Å²) in [6.45, 7) is 3.17. The van der Waals surface area contributed by atoms with Gasteiger partial charge in [0.05, 0.1) is 23.4 Å². The van der Waals surface area contributed by atoms with Crippen LogP contribution in [0, 0.1) is 17.2 Å². The van der Waals surface area contributed by atoms with Gasteiger partial charge in [-0.3, -0.25) is 15.1 Å². The molecule has 2 aromatic rings. The van der Waals surface area contributed by atoms with Crippen LogP contribution in [0.4, 0.5) is 26.3 Å². The number of halogens is 6. The Balaban J connectivity index is 2.29. The molecule has 2 atom stereocenters. The third kappa shape index (κ3) is 7.46. The van der Waals surface area contributed by atoms with Gasteiger partial charge in [-0.2, -0.15) is 31.6 Å². The topological polar surface area (TPSA) is 77.8 Å². The molecule has 33 heavy (non-hydrogen) atoms. The van der Waals surface area contributed by atoms with Gasteiger partial charge in [-0.05, 0) is 30.0 Å². The van der Waals surface area contributed by atoms with E-state index in [2.05, 4.69) is 15.6 Å². The molecule has 0 spiro atoms. The van der Waals surface area contributed by atoms with E-state index in [9.17, 15) is 31.1 Å². The van der Waals surface area contributed by atoms with Crippen molar-refractivity contribution in [2.24, 2.45) is 5.92 Å². The summed E-state index contributed by atoms with van der Waals surface area (Å²) in [7, 11) is 0. The highest BCUT2D eigenvalue weighted by atomic mass is 19.4. The van der Waals surface area contributed by atoms with E-state index in [-0.39, 0.29) is 30.1 Å². The number of hydrogen-bond acceptors (Lipinski definition) is 4. The summed E-state index contributed by atoms with van der Waals surface area (Å²) < 4.78 is 79.6. The van der Waals surface area contributed by atoms with Crippen molar-refractivity contribution in [3.63, 3.8) is 0 Å². The van der Waals surface area contributed by atoms with Gasteiger partial charge in [-0.25, -0.2) is 0 Å². The monoisotopic (exact) mass is 472 g/mol. The lowest BCUT2D eigenvalue weighted by molar-refractivity contribution is -0.161. The Labute approximate surface area is 186 Å². The molecule has 0 saturated carbocycles. The predicted molar refractivity (Wildman–Crippen MR) is 108 cm³/mol. The minimum atomic E-state index is -4.74. The summed E-state index contributed by atoms with van der Waals surface area (Å²) in [5.41, 5.74) is -0.617. The Morgan fingerprint density at radius 1 is 1.06 bits per heavy atom. The van der Waals surface area contributed by atoms with E-state index < -0.39 is 35.9 Å². The number of nitrogens with one attached hydrogen (secondary N) is 2. The fourth-order valence-corrected chi connectivity index (χ4v) is 3.13. The van der Waals surface area contributed by atoms with Crippen molar-refractivity contribution in [1.29, 1.82) is 5.26 Å². The minimum Gasteiger partial charge on any atom is -0.342 e. The number of hydrogen-bond donors (Lipinski definition) is 2. The molecule has 2 rings (SSSR count). The third-order valence-electron chi connectivity index (χ3n) is 4.69. The summed E-state index contributed by atoms with van der Waals surface area (Å²) in [4.78, 5) is 16.0. The number of pyridine rings is 1. The van der Waals surface area contributed by atoms with Crippen molar-refractivity contribution >= 4 is 5.91 Å². The first-order valence-electron chi connectivity index (χ1n) is 9.94. The van der Waals surface area contributed by atoms with Crippen LogP contribution in [0.2, 0.25) is 0 Å². The van der Waals surface area contributed by atoms with Crippen molar-refractivity contribution in [3.05, 3.63) is 53.7 Å². The number of benzene rings is 1. The molecule has 11 heteroatoms. The Kier molecular flexibility index (Phi) is 8.44. The molecule has 0 aliphatic heterocycles. The summed E-state index contributed by atoms with van der Waals surface area (Å²) in [6.07, 6.45) is -8.52. The lowest BCUT2D eigenvalue weighted by Crippen LogP contribution is -2.49. The standard InChI is InChI=1S/C22H22F6N4O/c1-13(2)11-18(20(33)30-10-9-29)32-19(22(26,27)28)15-5-3-14(4-6-15)17-8-7-16(12-31-17)21(23,24)25/h3-8,12-13,18-19,32H,10-11H2,1-2H3,(H,30,33)/t18-,19-/m0/s1. The van der Waals surface area contributed by atoms with Crippen LogP contribution >= 0.6 is 0 Å². The maximum absolute atomic E-state index is 13.8. The first-order chi connectivity index (χ1) is 15.3. The zero-order chi connectivity index (χ0) is 24.8. The molecule has 0 aliphatic rings. The lowest BCUT2D eigenvalue weighted by Gasteiger charge is -2.28. The van der Waals surface area contributed by atoms with Gasteiger partial charge in [0.1, 0.15) is 12.6 Å². The first-order valence-corrected chi connectivity index (χ1v) is 9.94. The lowest BCUT2D eigenvalue weighted by atomic mass is 9.98. The third-order valence-corrected chi connectivity index (χ3v) is 4.69. The Morgan fingerprint density at radius 2 is 1.70 bits per heavy atom. The van der Waals surface area contributed by atoms with E-state index in [0.29, 0.717) is 11.8 Å². The number of aromatic nitrogens is 1. The predicted octanol–water partition coefficient (Wildman–Crippen LogP) is 5.01. The fourth-order valence-electron chi connectivity index (χ4n) is 3.13. The van der Waals surface area contributed by atoms with Crippen LogP contribution in [0.3, 0.4) is 0 Å². The van der Waals surface area contributed by atoms with Crippen molar-refractivity contribution in [3.8, 4) is 17.3 Å². The molecule has 1 heterocycles. The number of nitrogens with zero attached hydrogens (tertiary/aromatic N) is 2. The second-order valence-electron chi connectivity index (χ2n) is 7.75. The van der Waals surface area contributed by atoms with Gasteiger partial charge in [0.15, 0.2) is 0 Å². The minimum absolute atomic E-state index is 0.0997. The van der Waals surface area contributed by atoms with Crippen molar-refractivity contribution < 1.29 is 31.1 Å². The van der Waals surface area contributed by atoms with Gasteiger partial charge >= 0.3 is 12.4 Å². The number of alkyl halides is 6. The number of carbonyl (C=O) groups is 1. The number of amides is 1. The molecule has 178 valence electrons. The van der Waals surface area contributed by atoms with Gasteiger partial charge in [-0.1, -0.05) is 38.1 Å². The molecule has 0 saturated heterocycles. The molecule has 0 unspecified atom stereocenters. The van der Waals surface area contributed by atoms with E-state index in [0.717, 1.165) is 12.1 Å². The van der Waals surface area contributed by atoms with Gasteiger partial charge in [0.25, 0.3) is 0 Å². The normalized spacial score (nSPS) is 13.9. The molecular weight excluding hydrogens is 450 g/mol. The first kappa shape index (κ1) is 26.1. The largest absolute Gasteiger partial charge is 0.417 e. The van der Waals surface area contributed by atoms with E-state index in [4.69, 9.17) is 5.26 Å². The van der Waals surface area contributed by atoms with Gasteiger partial charge in [0, 0.05) is 11.8 Å². The van der Waals surface area contributed by atoms with E-state index >= 15 is 0 Å². The summed E-state index contributed by atoms with van der Waals surface area (Å²) >= 11 is 0. The highest BCUT2D eigenvalue weighted by Gasteiger charge is 2.43. The summed E-state index contributed by atoms with van der Waals surface area (Å²) in [5.74, 6) is -0.817. The van der Waals surface area contributed by atoms with Crippen LogP contribution in [-0.2, 0) is 11.0 Å². The Bertz CT molecular complexity index is 963. The smallest absolute Gasteiger partial charge is 0.342 e. The Morgan fingerprint density at radius 3 is 2.15 bits per heavy atom. The molecule has 0 radical (unpaired) electrons. The highest BCUT2D eigenvalue weighted by Crippen LogP contribution is 2.35. The summed E-state index contributed by atoms with van der Waals surface area (Å²) in [6, 6.07) is 5.31. The second kappa shape index (κ2) is 10.7. The van der Waals surface area contributed by atoms with Crippen LogP contribution in [0.5, 0.6) is 0 Å². The highest BCUT2D eigenvalue weighted by molar-refractivity contribution is 5.82. The SMILES string of the molecule is CC(C)C[C@H](N[C@@H](c1ccc(-c2ccc(C(F)(F)F)cn2)cc1)C(F)(F)F)C(=O)NCC#N. The number of carbonyl (C=O) groups excluding carboxylic acids is 1. The van der Waals surface area contributed by atoms with Gasteiger partial charge in [0.2, 0.25) is 5.91 Å². The van der Waals surface area contributed by atoms with Crippen LogP contribution in [-0.4, -0.2) is 29.7 Å². The van der Waals surface area contributed by atoms with Gasteiger partial charge in [-0.15, -0.1) is 0 Å². The molecule has 1 aromatic carbocycles. The van der Waals surface area contributed by atoms with Crippen molar-refractivity contribution in [2.75, 3.05) is 6.54 Å². The molecule has 0 fully saturated rings. The zero-order valence-corrected chi connectivity index (χ0v) is 17.8. The maximum atomic E-state index is 13.8. The molecule has 2 N–H and O–H groups in total. The maximum Gasteiger partial charge on any atom is 0.417 e. The van der Waals surface area contributed by atoms with Crippen molar-refractivity contribution in [1.82, 2.24) is 15.6 Å². The summed E-state index contributed by atoms with van der Waals surface area (Å²) in [5, 5.41) is 13.2. The van der Waals surface area contributed by atoms with Crippen LogP contribution in [0.1, 0.15) is 37.4 Å². The average molecular weight is 472 g/mol.